The van der Waals surface area contributed by atoms with E-state index in [0.717, 1.165) is 5.56 Å². The van der Waals surface area contributed by atoms with E-state index in [0.29, 0.717) is 5.92 Å². The van der Waals surface area contributed by atoms with Crippen LogP contribution >= 0.6 is 12.2 Å². The van der Waals surface area contributed by atoms with Gasteiger partial charge in [0.05, 0.1) is 0 Å². The first-order valence-electron chi connectivity index (χ1n) is 4.91. The lowest BCUT2D eigenvalue weighted by Gasteiger charge is -2.08. The third-order valence-corrected chi connectivity index (χ3v) is 2.50. The summed E-state index contributed by atoms with van der Waals surface area (Å²) in [7, 11) is 0. The minimum absolute atomic E-state index is 0.568. The Bertz CT molecular complexity index is 348. The molecule has 0 heterocycles. The zero-order valence-corrected chi connectivity index (χ0v) is 9.77. The maximum atomic E-state index is 4.97. The van der Waals surface area contributed by atoms with Crippen LogP contribution in [0.2, 0.25) is 0 Å². The molecule has 0 aliphatic rings. The maximum Gasteiger partial charge on any atom is 0.00921 e. The monoisotopic (exact) mass is 204 g/mol. The predicted octanol–water partition coefficient (Wildman–Crippen LogP) is 4.19. The van der Waals surface area contributed by atoms with Gasteiger partial charge >= 0.3 is 0 Å². The van der Waals surface area contributed by atoms with E-state index >= 15 is 0 Å². The molecular formula is C13H16S. The van der Waals surface area contributed by atoms with Crippen molar-refractivity contribution < 1.29 is 0 Å². The molecule has 0 saturated carbocycles. The SMILES string of the molecule is C/C=C\c1cc(C(C)C)ccc1C=S. The normalized spacial score (nSPS) is 11.1. The smallest absolute Gasteiger partial charge is 0.00921 e. The molecule has 1 heteroatoms. The fourth-order valence-electron chi connectivity index (χ4n) is 1.38. The molecule has 0 spiro atoms. The summed E-state index contributed by atoms with van der Waals surface area (Å²) < 4.78 is 0. The number of thiocarbonyl (C=S) groups is 1. The standard InChI is InChI=1S/C13H16S/c1-4-5-12-8-11(10(2)3)6-7-13(12)9-14/h4-10H,1-3H3/b5-4-. The van der Waals surface area contributed by atoms with E-state index in [1.807, 2.05) is 13.0 Å². The van der Waals surface area contributed by atoms with Crippen molar-refractivity contribution in [2.45, 2.75) is 26.7 Å². The molecule has 0 aliphatic heterocycles. The van der Waals surface area contributed by atoms with Crippen molar-refractivity contribution in [3.05, 3.63) is 41.0 Å². The van der Waals surface area contributed by atoms with Crippen LogP contribution in [0.25, 0.3) is 6.08 Å². The molecule has 0 aliphatic carbocycles. The Labute approximate surface area is 91.7 Å². The Hall–Kier alpha value is -0.950. The van der Waals surface area contributed by atoms with Crippen LogP contribution in [-0.4, -0.2) is 5.37 Å². The highest BCUT2D eigenvalue weighted by Crippen LogP contribution is 2.19. The van der Waals surface area contributed by atoms with E-state index in [-0.39, 0.29) is 0 Å². The minimum Gasteiger partial charge on any atom is -0.0881 e. The van der Waals surface area contributed by atoms with Gasteiger partial charge in [0.15, 0.2) is 0 Å². The summed E-state index contributed by atoms with van der Waals surface area (Å²) in [5.41, 5.74) is 3.70. The lowest BCUT2D eigenvalue weighted by molar-refractivity contribution is 0.866. The third-order valence-electron chi connectivity index (χ3n) is 2.25. The number of allylic oxidation sites excluding steroid dienone is 1. The van der Waals surface area contributed by atoms with Crippen molar-refractivity contribution >= 4 is 23.7 Å². The van der Waals surface area contributed by atoms with Gasteiger partial charge in [-0.05, 0) is 29.5 Å². The van der Waals surface area contributed by atoms with E-state index in [2.05, 4.69) is 38.1 Å². The summed E-state index contributed by atoms with van der Waals surface area (Å²) in [6.45, 7) is 6.42. The van der Waals surface area contributed by atoms with Crippen molar-refractivity contribution in [3.8, 4) is 0 Å². The van der Waals surface area contributed by atoms with E-state index in [4.69, 9.17) is 12.2 Å². The van der Waals surface area contributed by atoms with Crippen molar-refractivity contribution in [1.82, 2.24) is 0 Å². The van der Waals surface area contributed by atoms with E-state index in [1.165, 1.54) is 11.1 Å². The first-order chi connectivity index (χ1) is 6.69. The van der Waals surface area contributed by atoms with Crippen molar-refractivity contribution in [3.63, 3.8) is 0 Å². The highest BCUT2D eigenvalue weighted by Gasteiger charge is 2.02. The van der Waals surface area contributed by atoms with Gasteiger partial charge in [-0.1, -0.05) is 56.4 Å². The molecule has 1 aromatic carbocycles. The molecule has 0 nitrogen and oxygen atoms in total. The first kappa shape index (κ1) is 11.1. The molecule has 0 bridgehead atoms. The van der Waals surface area contributed by atoms with Crippen LogP contribution < -0.4 is 0 Å². The molecule has 74 valence electrons. The zero-order chi connectivity index (χ0) is 10.6. The highest BCUT2D eigenvalue weighted by atomic mass is 32.1. The molecule has 1 rings (SSSR count). The van der Waals surface area contributed by atoms with Crippen LogP contribution in [0.5, 0.6) is 0 Å². The fourth-order valence-corrected chi connectivity index (χ4v) is 1.60. The van der Waals surface area contributed by atoms with E-state index in [1.54, 1.807) is 5.37 Å². The largest absolute Gasteiger partial charge is 0.0881 e. The molecule has 0 N–H and O–H groups in total. The van der Waals surface area contributed by atoms with Crippen LogP contribution in [0.4, 0.5) is 0 Å². The van der Waals surface area contributed by atoms with Gasteiger partial charge in [0.2, 0.25) is 0 Å². The number of hydrogen-bond acceptors (Lipinski definition) is 1. The number of rotatable bonds is 3. The minimum atomic E-state index is 0.568. The average molecular weight is 204 g/mol. The van der Waals surface area contributed by atoms with Crippen molar-refractivity contribution in [2.75, 3.05) is 0 Å². The Balaban J connectivity index is 3.20. The zero-order valence-electron chi connectivity index (χ0n) is 8.95. The molecule has 0 amide bonds. The average Bonchev–Trinajstić information content (AvgIpc) is 2.18. The van der Waals surface area contributed by atoms with Crippen molar-refractivity contribution in [2.24, 2.45) is 0 Å². The topological polar surface area (TPSA) is 0 Å². The quantitative estimate of drug-likeness (QED) is 0.665. The highest BCUT2D eigenvalue weighted by molar-refractivity contribution is 7.79. The van der Waals surface area contributed by atoms with Gasteiger partial charge in [-0.25, -0.2) is 0 Å². The molecule has 0 aromatic heterocycles. The predicted molar refractivity (Wildman–Crippen MR) is 68.0 cm³/mol. The van der Waals surface area contributed by atoms with E-state index < -0.39 is 0 Å². The van der Waals surface area contributed by atoms with Gasteiger partial charge in [0, 0.05) is 5.37 Å². The molecule has 0 fully saturated rings. The van der Waals surface area contributed by atoms with Gasteiger partial charge in [-0.15, -0.1) is 0 Å². The summed E-state index contributed by atoms with van der Waals surface area (Å²) in [6, 6.07) is 6.45. The van der Waals surface area contributed by atoms with Crippen molar-refractivity contribution in [1.29, 1.82) is 0 Å². The van der Waals surface area contributed by atoms with E-state index in [9.17, 15) is 0 Å². The van der Waals surface area contributed by atoms with Gasteiger partial charge in [-0.3, -0.25) is 0 Å². The Morgan fingerprint density at radius 3 is 2.43 bits per heavy atom. The van der Waals surface area contributed by atoms with Crippen LogP contribution in [0.1, 0.15) is 43.4 Å². The molecule has 0 unspecified atom stereocenters. The molecule has 14 heavy (non-hydrogen) atoms. The number of benzene rings is 1. The Kier molecular flexibility index (Phi) is 4.02. The molecular weight excluding hydrogens is 188 g/mol. The van der Waals surface area contributed by atoms with Crippen LogP contribution in [-0.2, 0) is 0 Å². The summed E-state index contributed by atoms with van der Waals surface area (Å²) in [5, 5.41) is 1.74. The number of hydrogen-bond donors (Lipinski definition) is 0. The molecule has 0 saturated heterocycles. The van der Waals surface area contributed by atoms with Gasteiger partial charge in [-0.2, -0.15) is 0 Å². The third kappa shape index (κ3) is 2.52. The first-order valence-corrected chi connectivity index (χ1v) is 5.38. The second kappa shape index (κ2) is 5.06. The van der Waals surface area contributed by atoms with Gasteiger partial charge < -0.3 is 0 Å². The van der Waals surface area contributed by atoms with Gasteiger partial charge in [0.25, 0.3) is 0 Å². The van der Waals surface area contributed by atoms with Crippen LogP contribution in [0.3, 0.4) is 0 Å². The summed E-state index contributed by atoms with van der Waals surface area (Å²) in [6.07, 6.45) is 4.14. The molecule has 0 radical (unpaired) electrons. The lowest BCUT2D eigenvalue weighted by Crippen LogP contribution is -1.91. The second-order valence-electron chi connectivity index (χ2n) is 3.66. The Morgan fingerprint density at radius 1 is 1.21 bits per heavy atom. The van der Waals surface area contributed by atoms with Crippen LogP contribution in [0.15, 0.2) is 24.3 Å². The van der Waals surface area contributed by atoms with Gasteiger partial charge in [0.1, 0.15) is 0 Å². The Morgan fingerprint density at radius 2 is 1.93 bits per heavy atom. The fraction of sp³-hybridized carbons (Fsp3) is 0.308. The van der Waals surface area contributed by atoms with Crippen LogP contribution in [0, 0.1) is 0 Å². The summed E-state index contributed by atoms with van der Waals surface area (Å²) in [4.78, 5) is 0. The molecule has 1 aromatic rings. The second-order valence-corrected chi connectivity index (χ2v) is 3.90. The molecule has 0 atom stereocenters. The summed E-state index contributed by atoms with van der Waals surface area (Å²) >= 11 is 4.97. The maximum absolute atomic E-state index is 4.97. The lowest BCUT2D eigenvalue weighted by atomic mass is 9.98. The summed E-state index contributed by atoms with van der Waals surface area (Å²) in [5.74, 6) is 0.568.